The Morgan fingerprint density at radius 2 is 2.28 bits per heavy atom. The summed E-state index contributed by atoms with van der Waals surface area (Å²) in [6, 6.07) is -0.0255. The van der Waals surface area contributed by atoms with Crippen LogP contribution in [0.2, 0.25) is 0 Å². The zero-order valence-corrected chi connectivity index (χ0v) is 11.2. The predicted octanol–water partition coefficient (Wildman–Crippen LogP) is 1.33. The Hall–Kier alpha value is -1.96. The van der Waals surface area contributed by atoms with Crippen LogP contribution in [0.5, 0.6) is 0 Å². The van der Waals surface area contributed by atoms with Crippen molar-refractivity contribution in [3.05, 3.63) is 11.4 Å². The molecule has 0 fully saturated rings. The predicted molar refractivity (Wildman–Crippen MR) is 72.0 cm³/mol. The lowest BCUT2D eigenvalue weighted by molar-refractivity contribution is 0.0927. The lowest BCUT2D eigenvalue weighted by atomic mass is 10.1. The highest BCUT2D eigenvalue weighted by atomic mass is 16.2. The Bertz CT molecular complexity index is 470. The van der Waals surface area contributed by atoms with Gasteiger partial charge in [-0.2, -0.15) is 5.10 Å². The van der Waals surface area contributed by atoms with Gasteiger partial charge in [0.25, 0.3) is 5.91 Å². The fraction of sp³-hybridized carbons (Fsp3) is 0.538. The van der Waals surface area contributed by atoms with E-state index in [1.54, 1.807) is 11.6 Å². The molecule has 0 aliphatic carbocycles. The van der Waals surface area contributed by atoms with Gasteiger partial charge >= 0.3 is 0 Å². The first-order valence-electron chi connectivity index (χ1n) is 6.12. The number of hydrogen-bond acceptors (Lipinski definition) is 3. The van der Waals surface area contributed by atoms with Gasteiger partial charge in [-0.3, -0.25) is 9.48 Å². The maximum absolute atomic E-state index is 12.2. The topological polar surface area (TPSA) is 72.9 Å². The third-order valence-electron chi connectivity index (χ3n) is 2.88. The maximum Gasteiger partial charge on any atom is 0.271 e. The summed E-state index contributed by atoms with van der Waals surface area (Å²) in [6.07, 6.45) is 6.57. The number of terminal acetylenes is 1. The monoisotopic (exact) mass is 248 g/mol. The Kier molecular flexibility index (Phi) is 4.78. The average Bonchev–Trinajstić information content (AvgIpc) is 2.64. The minimum atomic E-state index is -0.211. The van der Waals surface area contributed by atoms with Crippen molar-refractivity contribution in [2.75, 3.05) is 5.73 Å². The molecule has 1 unspecified atom stereocenters. The molecule has 3 N–H and O–H groups in total. The van der Waals surface area contributed by atoms with Crippen LogP contribution in [0, 0.1) is 19.3 Å². The van der Waals surface area contributed by atoms with Crippen molar-refractivity contribution in [1.29, 1.82) is 0 Å². The maximum atomic E-state index is 12.2. The molecule has 0 aromatic carbocycles. The molecular weight excluding hydrogens is 228 g/mol. The normalized spacial score (nSPS) is 11.9. The molecule has 0 aliphatic rings. The van der Waals surface area contributed by atoms with E-state index < -0.39 is 0 Å². The van der Waals surface area contributed by atoms with Gasteiger partial charge in [0, 0.05) is 19.0 Å². The number of rotatable bonds is 5. The zero-order chi connectivity index (χ0) is 13.7. The van der Waals surface area contributed by atoms with Gasteiger partial charge in [0.1, 0.15) is 5.69 Å². The summed E-state index contributed by atoms with van der Waals surface area (Å²) in [7, 11) is 0. The molecule has 98 valence electrons. The van der Waals surface area contributed by atoms with Crippen molar-refractivity contribution < 1.29 is 4.79 Å². The van der Waals surface area contributed by atoms with E-state index in [2.05, 4.69) is 16.3 Å². The summed E-state index contributed by atoms with van der Waals surface area (Å²) in [5.41, 5.74) is 7.42. The van der Waals surface area contributed by atoms with Crippen LogP contribution in [0.3, 0.4) is 0 Å². The van der Waals surface area contributed by atoms with E-state index in [1.165, 1.54) is 0 Å². The van der Waals surface area contributed by atoms with E-state index in [1.807, 2.05) is 13.8 Å². The van der Waals surface area contributed by atoms with Gasteiger partial charge in [-0.25, -0.2) is 0 Å². The summed E-state index contributed by atoms with van der Waals surface area (Å²) in [5, 5.41) is 7.11. The average molecular weight is 248 g/mol. The van der Waals surface area contributed by atoms with Gasteiger partial charge in [-0.15, -0.1) is 12.3 Å². The van der Waals surface area contributed by atoms with Gasteiger partial charge in [-0.05, 0) is 20.3 Å². The van der Waals surface area contributed by atoms with Crippen molar-refractivity contribution in [3.63, 3.8) is 0 Å². The van der Waals surface area contributed by atoms with E-state index in [0.29, 0.717) is 30.0 Å². The Morgan fingerprint density at radius 1 is 1.61 bits per heavy atom. The standard InChI is InChI=1S/C13H20N4O/c1-5-8-10(6-2)15-13(18)12-11(14)9(4)16-17(12)7-3/h1,10H,6-8,14H2,2-4H3,(H,15,18). The highest BCUT2D eigenvalue weighted by molar-refractivity contribution is 5.98. The summed E-state index contributed by atoms with van der Waals surface area (Å²) in [5.74, 6) is 2.34. The molecule has 1 rings (SSSR count). The quantitative estimate of drug-likeness (QED) is 0.772. The molecule has 1 atom stereocenters. The van der Waals surface area contributed by atoms with Gasteiger partial charge in [-0.1, -0.05) is 6.92 Å². The molecule has 5 nitrogen and oxygen atoms in total. The van der Waals surface area contributed by atoms with Crippen molar-refractivity contribution in [1.82, 2.24) is 15.1 Å². The summed E-state index contributed by atoms with van der Waals surface area (Å²) in [6.45, 7) is 6.29. The number of nitrogen functional groups attached to an aromatic ring is 1. The molecule has 0 saturated carbocycles. The number of carbonyl (C=O) groups excluding carboxylic acids is 1. The van der Waals surface area contributed by atoms with Crippen LogP contribution < -0.4 is 11.1 Å². The van der Waals surface area contributed by atoms with E-state index in [0.717, 1.165) is 6.42 Å². The molecule has 1 amide bonds. The van der Waals surface area contributed by atoms with E-state index in [4.69, 9.17) is 12.2 Å². The van der Waals surface area contributed by atoms with Gasteiger partial charge in [0.15, 0.2) is 0 Å². The number of aromatic nitrogens is 2. The lowest BCUT2D eigenvalue weighted by Crippen LogP contribution is -2.35. The largest absolute Gasteiger partial charge is 0.395 e. The smallest absolute Gasteiger partial charge is 0.271 e. The highest BCUT2D eigenvalue weighted by Crippen LogP contribution is 2.16. The van der Waals surface area contributed by atoms with Crippen LogP contribution in [0.1, 0.15) is 42.9 Å². The second kappa shape index (κ2) is 6.10. The van der Waals surface area contributed by atoms with Crippen LogP contribution in [0.15, 0.2) is 0 Å². The van der Waals surface area contributed by atoms with Crippen LogP contribution in [-0.2, 0) is 6.54 Å². The minimum Gasteiger partial charge on any atom is -0.395 e. The van der Waals surface area contributed by atoms with Crippen LogP contribution in [0.4, 0.5) is 5.69 Å². The Labute approximate surface area is 108 Å². The molecule has 0 saturated heterocycles. The van der Waals surface area contributed by atoms with Crippen LogP contribution in [0.25, 0.3) is 0 Å². The number of amides is 1. The molecule has 1 aromatic rings. The summed E-state index contributed by atoms with van der Waals surface area (Å²) < 4.78 is 1.61. The Morgan fingerprint density at radius 3 is 2.78 bits per heavy atom. The van der Waals surface area contributed by atoms with E-state index >= 15 is 0 Å². The van der Waals surface area contributed by atoms with Crippen LogP contribution >= 0.6 is 0 Å². The van der Waals surface area contributed by atoms with Gasteiger partial charge in [0.2, 0.25) is 0 Å². The first-order valence-corrected chi connectivity index (χ1v) is 6.12. The number of anilines is 1. The lowest BCUT2D eigenvalue weighted by Gasteiger charge is -2.15. The second-order valence-corrected chi connectivity index (χ2v) is 4.15. The van der Waals surface area contributed by atoms with E-state index in [9.17, 15) is 4.79 Å². The zero-order valence-electron chi connectivity index (χ0n) is 11.2. The molecule has 18 heavy (non-hydrogen) atoms. The summed E-state index contributed by atoms with van der Waals surface area (Å²) in [4.78, 5) is 12.2. The highest BCUT2D eigenvalue weighted by Gasteiger charge is 2.20. The molecule has 1 heterocycles. The Balaban J connectivity index is 2.94. The SMILES string of the molecule is C#CCC(CC)NC(=O)c1c(N)c(C)nn1CC. The molecule has 1 aromatic heterocycles. The van der Waals surface area contributed by atoms with Crippen molar-refractivity contribution in [3.8, 4) is 12.3 Å². The fourth-order valence-electron chi connectivity index (χ4n) is 1.76. The molecular formula is C13H20N4O. The first-order chi connectivity index (χ1) is 8.54. The number of nitrogens with zero attached hydrogens (tertiary/aromatic N) is 2. The van der Waals surface area contributed by atoms with E-state index in [-0.39, 0.29) is 11.9 Å². The first kappa shape index (κ1) is 14.1. The van der Waals surface area contributed by atoms with Gasteiger partial charge < -0.3 is 11.1 Å². The molecule has 5 heteroatoms. The number of hydrogen-bond donors (Lipinski definition) is 2. The number of nitrogens with two attached hydrogens (primary N) is 1. The number of carbonyl (C=O) groups is 1. The number of nitrogens with one attached hydrogen (secondary N) is 1. The van der Waals surface area contributed by atoms with Gasteiger partial charge in [0.05, 0.1) is 11.4 Å². The van der Waals surface area contributed by atoms with Crippen LogP contribution in [-0.4, -0.2) is 21.7 Å². The number of aryl methyl sites for hydroxylation is 2. The minimum absolute atomic E-state index is 0.0255. The van der Waals surface area contributed by atoms with Crippen molar-refractivity contribution in [2.45, 2.75) is 46.2 Å². The van der Waals surface area contributed by atoms with Crippen molar-refractivity contribution >= 4 is 11.6 Å². The molecule has 0 bridgehead atoms. The molecule has 0 aliphatic heterocycles. The molecule has 0 radical (unpaired) electrons. The summed E-state index contributed by atoms with van der Waals surface area (Å²) >= 11 is 0. The third-order valence-corrected chi connectivity index (χ3v) is 2.88. The second-order valence-electron chi connectivity index (χ2n) is 4.15. The third kappa shape index (κ3) is 2.83. The fourth-order valence-corrected chi connectivity index (χ4v) is 1.76. The molecule has 0 spiro atoms. The van der Waals surface area contributed by atoms with Crippen molar-refractivity contribution in [2.24, 2.45) is 0 Å².